The molecule has 5 heteroatoms. The van der Waals surface area contributed by atoms with Crippen molar-refractivity contribution in [3.8, 4) is 0 Å². The lowest BCUT2D eigenvalue weighted by atomic mass is 10.5. The maximum atomic E-state index is 12.3. The summed E-state index contributed by atoms with van der Waals surface area (Å²) in [6, 6.07) is 0. The van der Waals surface area contributed by atoms with E-state index in [2.05, 4.69) is 0 Å². The van der Waals surface area contributed by atoms with Gasteiger partial charge in [0.1, 0.15) is 0 Å². The van der Waals surface area contributed by atoms with Gasteiger partial charge in [-0.1, -0.05) is 0 Å². The van der Waals surface area contributed by atoms with Crippen molar-refractivity contribution in [3.05, 3.63) is 24.2 Å². The van der Waals surface area contributed by atoms with Gasteiger partial charge in [-0.3, -0.25) is 0 Å². The number of ether oxygens (including phenoxy) is 1. The highest BCUT2D eigenvalue weighted by atomic mass is 28.4. The predicted molar refractivity (Wildman–Crippen MR) is 54.4 cm³/mol. The molecule has 0 bridgehead atoms. The Kier molecular flexibility index (Phi) is 5.45. The zero-order chi connectivity index (χ0) is 11.2. The van der Waals surface area contributed by atoms with Gasteiger partial charge in [-0.05, 0) is 26.6 Å². The van der Waals surface area contributed by atoms with Crippen molar-refractivity contribution in [2.24, 2.45) is 0 Å². The molecular weight excluding hydrogens is 206 g/mol. The van der Waals surface area contributed by atoms with Crippen LogP contribution in [-0.2, 0) is 9.16 Å². The molecular formula is C9H16F2O2Si. The summed E-state index contributed by atoms with van der Waals surface area (Å²) < 4.78 is 34.6. The molecule has 0 radical (unpaired) electrons. The first-order valence-electron chi connectivity index (χ1n) is 4.39. The fraction of sp³-hybridized carbons (Fsp3) is 0.556. The first-order valence-corrected chi connectivity index (χ1v) is 7.80. The third-order valence-corrected chi connectivity index (χ3v) is 1.92. The van der Waals surface area contributed by atoms with Crippen LogP contribution in [0.1, 0.15) is 6.92 Å². The molecule has 0 atom stereocenters. The van der Waals surface area contributed by atoms with Crippen LogP contribution in [0, 0.1) is 0 Å². The summed E-state index contributed by atoms with van der Waals surface area (Å²) in [6.45, 7) is 7.74. The van der Waals surface area contributed by atoms with Crippen LogP contribution in [0.25, 0.3) is 0 Å². The van der Waals surface area contributed by atoms with E-state index < -0.39 is 20.2 Å². The van der Waals surface area contributed by atoms with Crippen molar-refractivity contribution < 1.29 is 17.9 Å². The summed E-state index contributed by atoms with van der Waals surface area (Å²) in [7, 11) is -1.99. The van der Waals surface area contributed by atoms with Gasteiger partial charge in [-0.25, -0.2) is 0 Å². The van der Waals surface area contributed by atoms with E-state index in [4.69, 9.17) is 9.16 Å². The normalized spacial score (nSPS) is 11.6. The number of rotatable bonds is 5. The molecule has 0 saturated heterocycles. The zero-order valence-corrected chi connectivity index (χ0v) is 9.93. The monoisotopic (exact) mass is 222 g/mol. The van der Waals surface area contributed by atoms with Gasteiger partial charge in [0.25, 0.3) is 0 Å². The SMILES string of the molecule is CCOC=CC(O[Si](C)(C)C)=C(F)F. The third kappa shape index (κ3) is 6.65. The van der Waals surface area contributed by atoms with Crippen LogP contribution in [0.15, 0.2) is 24.2 Å². The molecule has 82 valence electrons. The van der Waals surface area contributed by atoms with Gasteiger partial charge in [-0.15, -0.1) is 0 Å². The maximum Gasteiger partial charge on any atom is 0.310 e. The largest absolute Gasteiger partial charge is 0.541 e. The first kappa shape index (κ1) is 13.2. The third-order valence-electron chi connectivity index (χ3n) is 1.08. The molecule has 0 aromatic rings. The fourth-order valence-corrected chi connectivity index (χ4v) is 1.48. The maximum absolute atomic E-state index is 12.3. The topological polar surface area (TPSA) is 18.5 Å². The molecule has 0 spiro atoms. The Labute approximate surface area is 84.3 Å². The van der Waals surface area contributed by atoms with Crippen molar-refractivity contribution in [1.29, 1.82) is 0 Å². The van der Waals surface area contributed by atoms with Crippen LogP contribution in [0.2, 0.25) is 19.6 Å². The lowest BCUT2D eigenvalue weighted by Gasteiger charge is -2.18. The minimum atomic E-state index is -1.99. The molecule has 14 heavy (non-hydrogen) atoms. The van der Waals surface area contributed by atoms with Crippen LogP contribution in [-0.4, -0.2) is 14.9 Å². The van der Waals surface area contributed by atoms with E-state index in [-0.39, 0.29) is 0 Å². The van der Waals surface area contributed by atoms with Gasteiger partial charge in [0, 0.05) is 6.08 Å². The van der Waals surface area contributed by atoms with Gasteiger partial charge >= 0.3 is 6.08 Å². The number of hydrogen-bond acceptors (Lipinski definition) is 2. The van der Waals surface area contributed by atoms with Crippen LogP contribution >= 0.6 is 0 Å². The number of allylic oxidation sites excluding steroid dienone is 1. The van der Waals surface area contributed by atoms with Crippen LogP contribution in [0.3, 0.4) is 0 Å². The summed E-state index contributed by atoms with van der Waals surface area (Å²) in [6.07, 6.45) is 0.550. The molecule has 0 aliphatic carbocycles. The van der Waals surface area contributed by atoms with Crippen molar-refractivity contribution in [2.45, 2.75) is 26.6 Å². The zero-order valence-electron chi connectivity index (χ0n) is 8.93. The second-order valence-corrected chi connectivity index (χ2v) is 8.03. The van der Waals surface area contributed by atoms with Gasteiger partial charge in [0.2, 0.25) is 8.32 Å². The Morgan fingerprint density at radius 3 is 2.21 bits per heavy atom. The summed E-state index contributed by atoms with van der Waals surface area (Å²) in [4.78, 5) is 0. The highest BCUT2D eigenvalue weighted by Gasteiger charge is 2.19. The van der Waals surface area contributed by atoms with E-state index in [9.17, 15) is 8.78 Å². The van der Waals surface area contributed by atoms with Crippen molar-refractivity contribution >= 4 is 8.32 Å². The number of halogens is 2. The standard InChI is InChI=1S/C9H16F2O2Si/c1-5-12-7-6-8(9(10)11)13-14(2,3)4/h6-7H,5H2,1-4H3. The highest BCUT2D eigenvalue weighted by molar-refractivity contribution is 6.70. The van der Waals surface area contributed by atoms with E-state index in [1.54, 1.807) is 6.92 Å². The molecule has 0 saturated carbocycles. The van der Waals surface area contributed by atoms with E-state index in [0.29, 0.717) is 6.61 Å². The van der Waals surface area contributed by atoms with Gasteiger partial charge < -0.3 is 9.16 Å². The van der Waals surface area contributed by atoms with Crippen LogP contribution in [0.4, 0.5) is 8.78 Å². The second-order valence-electron chi connectivity index (χ2n) is 3.60. The number of hydrogen-bond donors (Lipinski definition) is 0. The lowest BCUT2D eigenvalue weighted by molar-refractivity contribution is 0.265. The second kappa shape index (κ2) is 5.80. The van der Waals surface area contributed by atoms with E-state index in [1.165, 1.54) is 6.26 Å². The molecule has 0 heterocycles. The Balaban J connectivity index is 4.42. The van der Waals surface area contributed by atoms with Gasteiger partial charge in [0.05, 0.1) is 12.9 Å². The van der Waals surface area contributed by atoms with Gasteiger partial charge in [0.15, 0.2) is 5.76 Å². The van der Waals surface area contributed by atoms with Crippen molar-refractivity contribution in [3.63, 3.8) is 0 Å². The first-order chi connectivity index (χ1) is 6.37. The van der Waals surface area contributed by atoms with E-state index in [0.717, 1.165) is 6.08 Å². The minimum absolute atomic E-state index is 0.391. The summed E-state index contributed by atoms with van der Waals surface area (Å²) in [5.74, 6) is -0.391. The smallest absolute Gasteiger partial charge is 0.310 e. The fourth-order valence-electron chi connectivity index (χ4n) is 0.672. The lowest BCUT2D eigenvalue weighted by Crippen LogP contribution is -2.24. The predicted octanol–water partition coefficient (Wildman–Crippen LogP) is 3.50. The molecule has 0 rings (SSSR count). The summed E-state index contributed by atoms with van der Waals surface area (Å²) in [5, 5.41) is 0. The molecule has 0 aliphatic heterocycles. The molecule has 0 unspecified atom stereocenters. The van der Waals surface area contributed by atoms with Crippen LogP contribution in [0.5, 0.6) is 0 Å². The van der Waals surface area contributed by atoms with Crippen LogP contribution < -0.4 is 0 Å². The minimum Gasteiger partial charge on any atom is -0.541 e. The molecule has 0 aliphatic rings. The molecule has 0 aromatic carbocycles. The highest BCUT2D eigenvalue weighted by Crippen LogP contribution is 2.17. The molecule has 0 aromatic heterocycles. The average Bonchev–Trinajstić information content (AvgIpc) is 2.00. The summed E-state index contributed by atoms with van der Waals surface area (Å²) in [5.41, 5.74) is 0. The Morgan fingerprint density at radius 1 is 1.29 bits per heavy atom. The average molecular weight is 222 g/mol. The van der Waals surface area contributed by atoms with Crippen molar-refractivity contribution in [2.75, 3.05) is 6.61 Å². The summed E-state index contributed by atoms with van der Waals surface area (Å²) >= 11 is 0. The van der Waals surface area contributed by atoms with E-state index in [1.807, 2.05) is 19.6 Å². The Morgan fingerprint density at radius 2 is 1.86 bits per heavy atom. The Hall–Kier alpha value is -0.843. The van der Waals surface area contributed by atoms with Gasteiger partial charge in [-0.2, -0.15) is 8.78 Å². The molecule has 2 nitrogen and oxygen atoms in total. The molecule has 0 amide bonds. The van der Waals surface area contributed by atoms with Crippen molar-refractivity contribution in [1.82, 2.24) is 0 Å². The Bertz CT molecular complexity index is 227. The molecule has 0 N–H and O–H groups in total. The quantitative estimate of drug-likeness (QED) is 0.402. The molecule has 0 fully saturated rings. The van der Waals surface area contributed by atoms with E-state index >= 15 is 0 Å².